The summed E-state index contributed by atoms with van der Waals surface area (Å²) in [4.78, 5) is 11.7. The first kappa shape index (κ1) is 14.9. The zero-order chi connectivity index (χ0) is 13.8. The number of hydrogen-bond acceptors (Lipinski definition) is 4. The van der Waals surface area contributed by atoms with Crippen LogP contribution in [0.4, 0.5) is 0 Å². The van der Waals surface area contributed by atoms with Gasteiger partial charge in [0.25, 0.3) is 0 Å². The molecule has 0 bridgehead atoms. The summed E-state index contributed by atoms with van der Waals surface area (Å²) in [6.45, 7) is 8.16. The van der Waals surface area contributed by atoms with Crippen molar-refractivity contribution in [2.24, 2.45) is 0 Å². The molecule has 0 aliphatic rings. The summed E-state index contributed by atoms with van der Waals surface area (Å²) in [5.74, 6) is 1.14. The zero-order valence-corrected chi connectivity index (χ0v) is 12.4. The molecule has 0 heterocycles. The van der Waals surface area contributed by atoms with Crippen LogP contribution in [-0.4, -0.2) is 23.6 Å². The minimum Gasteiger partial charge on any atom is -0.493 e. The normalized spacial score (nSPS) is 11.2. The molecular weight excluding hydrogens is 248 g/mol. The van der Waals surface area contributed by atoms with Crippen molar-refractivity contribution >= 4 is 17.7 Å². The van der Waals surface area contributed by atoms with Gasteiger partial charge < -0.3 is 9.47 Å². The topological polar surface area (TPSA) is 35.5 Å². The molecule has 1 rings (SSSR count). The molecule has 0 aromatic heterocycles. The second-order valence-corrected chi connectivity index (χ2v) is 6.83. The lowest BCUT2D eigenvalue weighted by atomic mass is 10.2. The lowest BCUT2D eigenvalue weighted by molar-refractivity contribution is -0.131. The molecule has 3 nitrogen and oxygen atoms in total. The molecule has 0 saturated heterocycles. The van der Waals surface area contributed by atoms with E-state index in [1.807, 2.05) is 19.1 Å². The number of rotatable bonds is 4. The van der Waals surface area contributed by atoms with Gasteiger partial charge in [-0.2, -0.15) is 0 Å². The highest BCUT2D eigenvalue weighted by Crippen LogP contribution is 2.29. The van der Waals surface area contributed by atoms with Crippen molar-refractivity contribution < 1.29 is 14.3 Å². The molecule has 0 aliphatic heterocycles. The number of hydrogen-bond donors (Lipinski definition) is 0. The molecule has 18 heavy (non-hydrogen) atoms. The summed E-state index contributed by atoms with van der Waals surface area (Å²) < 4.78 is 10.5. The maximum absolute atomic E-state index is 11.7. The van der Waals surface area contributed by atoms with Gasteiger partial charge in [0.15, 0.2) is 11.5 Å². The van der Waals surface area contributed by atoms with Crippen LogP contribution in [0.1, 0.15) is 26.3 Å². The number of carbonyl (C=O) groups is 1. The van der Waals surface area contributed by atoms with Crippen molar-refractivity contribution in [1.29, 1.82) is 0 Å². The minimum atomic E-state index is -0.253. The van der Waals surface area contributed by atoms with Crippen LogP contribution in [0.5, 0.6) is 11.5 Å². The summed E-state index contributed by atoms with van der Waals surface area (Å²) in [5, 5.41) is 0. The second kappa shape index (κ2) is 6.14. The molecule has 4 heteroatoms. The summed E-state index contributed by atoms with van der Waals surface area (Å²) in [6, 6.07) is 5.50. The van der Waals surface area contributed by atoms with Crippen LogP contribution >= 0.6 is 11.8 Å². The zero-order valence-electron chi connectivity index (χ0n) is 11.6. The molecule has 0 fully saturated rings. The highest BCUT2D eigenvalue weighted by molar-refractivity contribution is 8.01. The number of methoxy groups -OCH3 is 1. The molecule has 0 amide bonds. The van der Waals surface area contributed by atoms with Gasteiger partial charge in [-0.15, -0.1) is 11.8 Å². The van der Waals surface area contributed by atoms with Gasteiger partial charge in [-0.1, -0.05) is 26.8 Å². The molecule has 0 spiro atoms. The maximum Gasteiger partial charge on any atom is 0.321 e. The SMILES string of the molecule is COc1cc(C)ccc1OC(=O)CSC(C)(C)C. The summed E-state index contributed by atoms with van der Waals surface area (Å²) in [7, 11) is 1.57. The van der Waals surface area contributed by atoms with E-state index in [2.05, 4.69) is 20.8 Å². The predicted molar refractivity (Wildman–Crippen MR) is 75.6 cm³/mol. The Morgan fingerprint density at radius 1 is 1.28 bits per heavy atom. The molecule has 1 aromatic carbocycles. The number of carbonyl (C=O) groups excluding carboxylic acids is 1. The monoisotopic (exact) mass is 268 g/mol. The fourth-order valence-corrected chi connectivity index (χ4v) is 1.90. The van der Waals surface area contributed by atoms with Gasteiger partial charge in [0, 0.05) is 4.75 Å². The summed E-state index contributed by atoms with van der Waals surface area (Å²) in [5.41, 5.74) is 1.07. The Bertz CT molecular complexity index is 422. The number of benzene rings is 1. The smallest absolute Gasteiger partial charge is 0.321 e. The van der Waals surface area contributed by atoms with Gasteiger partial charge in [0.05, 0.1) is 12.9 Å². The number of thioether (sulfide) groups is 1. The van der Waals surface area contributed by atoms with Crippen LogP contribution in [0.15, 0.2) is 18.2 Å². The van der Waals surface area contributed by atoms with Gasteiger partial charge >= 0.3 is 5.97 Å². The average molecular weight is 268 g/mol. The third-order valence-corrected chi connectivity index (χ3v) is 3.41. The Labute approximate surface area is 113 Å². The van der Waals surface area contributed by atoms with E-state index in [9.17, 15) is 4.79 Å². The molecule has 0 N–H and O–H groups in total. The molecule has 0 saturated carbocycles. The molecule has 0 unspecified atom stereocenters. The Morgan fingerprint density at radius 2 is 1.94 bits per heavy atom. The van der Waals surface area contributed by atoms with Crippen LogP contribution < -0.4 is 9.47 Å². The fraction of sp³-hybridized carbons (Fsp3) is 0.500. The van der Waals surface area contributed by atoms with E-state index in [4.69, 9.17) is 9.47 Å². The molecule has 0 atom stereocenters. The molecule has 100 valence electrons. The van der Waals surface area contributed by atoms with Crippen molar-refractivity contribution in [3.05, 3.63) is 23.8 Å². The molecular formula is C14H20O3S. The van der Waals surface area contributed by atoms with Crippen molar-refractivity contribution in [3.8, 4) is 11.5 Å². The third kappa shape index (κ3) is 5.00. The number of aryl methyl sites for hydroxylation is 1. The van der Waals surface area contributed by atoms with Crippen LogP contribution in [0, 0.1) is 6.92 Å². The number of esters is 1. The fourth-order valence-electron chi connectivity index (χ4n) is 1.29. The number of ether oxygens (including phenoxy) is 2. The Morgan fingerprint density at radius 3 is 2.50 bits per heavy atom. The Kier molecular flexibility index (Phi) is 5.08. The highest BCUT2D eigenvalue weighted by Gasteiger charge is 2.16. The molecule has 1 aromatic rings. The van der Waals surface area contributed by atoms with Gasteiger partial charge in [0.1, 0.15) is 0 Å². The third-order valence-electron chi connectivity index (χ3n) is 2.17. The highest BCUT2D eigenvalue weighted by atomic mass is 32.2. The lowest BCUT2D eigenvalue weighted by Crippen LogP contribution is -2.17. The van der Waals surface area contributed by atoms with Crippen molar-refractivity contribution in [2.75, 3.05) is 12.9 Å². The Hall–Kier alpha value is -1.16. The quantitative estimate of drug-likeness (QED) is 0.619. The van der Waals surface area contributed by atoms with Gasteiger partial charge in [-0.3, -0.25) is 4.79 Å². The molecule has 0 aliphatic carbocycles. The predicted octanol–water partition coefficient (Wildman–Crippen LogP) is 3.44. The maximum atomic E-state index is 11.7. The van der Waals surface area contributed by atoms with E-state index in [0.29, 0.717) is 17.3 Å². The standard InChI is InChI=1S/C14H20O3S/c1-10-6-7-11(12(8-10)16-5)17-13(15)9-18-14(2,3)4/h6-8H,9H2,1-5H3. The van der Waals surface area contributed by atoms with Gasteiger partial charge in [-0.25, -0.2) is 0 Å². The van der Waals surface area contributed by atoms with Crippen molar-refractivity contribution in [1.82, 2.24) is 0 Å². The minimum absolute atomic E-state index is 0.0520. The van der Waals surface area contributed by atoms with Crippen LogP contribution in [0.25, 0.3) is 0 Å². The van der Waals surface area contributed by atoms with Crippen LogP contribution in [0.2, 0.25) is 0 Å². The van der Waals surface area contributed by atoms with E-state index < -0.39 is 0 Å². The van der Waals surface area contributed by atoms with E-state index in [1.165, 1.54) is 0 Å². The first-order valence-corrected chi connectivity index (χ1v) is 6.79. The van der Waals surface area contributed by atoms with Crippen molar-refractivity contribution in [2.45, 2.75) is 32.4 Å². The van der Waals surface area contributed by atoms with Crippen molar-refractivity contribution in [3.63, 3.8) is 0 Å². The van der Waals surface area contributed by atoms with E-state index in [1.54, 1.807) is 24.9 Å². The lowest BCUT2D eigenvalue weighted by Gasteiger charge is -2.17. The molecule has 0 radical (unpaired) electrons. The van der Waals surface area contributed by atoms with Gasteiger partial charge in [0.2, 0.25) is 0 Å². The first-order valence-electron chi connectivity index (χ1n) is 5.81. The Balaban J connectivity index is 2.64. The first-order chi connectivity index (χ1) is 8.31. The average Bonchev–Trinajstić information content (AvgIpc) is 2.28. The van der Waals surface area contributed by atoms with Gasteiger partial charge in [-0.05, 0) is 24.6 Å². The summed E-state index contributed by atoms with van der Waals surface area (Å²) >= 11 is 1.56. The van der Waals surface area contributed by atoms with E-state index >= 15 is 0 Å². The van der Waals surface area contributed by atoms with Crippen LogP contribution in [0.3, 0.4) is 0 Å². The van der Waals surface area contributed by atoms with E-state index in [0.717, 1.165) is 5.56 Å². The largest absolute Gasteiger partial charge is 0.493 e. The van der Waals surface area contributed by atoms with Crippen LogP contribution in [-0.2, 0) is 4.79 Å². The summed E-state index contributed by atoms with van der Waals surface area (Å²) in [6.07, 6.45) is 0. The second-order valence-electron chi connectivity index (χ2n) is 5.03. The van der Waals surface area contributed by atoms with E-state index in [-0.39, 0.29) is 10.7 Å².